The fraction of sp³-hybridized carbons (Fsp3) is 0.750. The Morgan fingerprint density at radius 2 is 1.93 bits per heavy atom. The zero-order valence-corrected chi connectivity index (χ0v) is 16.7. The van der Waals surface area contributed by atoms with Crippen molar-refractivity contribution in [2.24, 2.45) is 5.92 Å². The van der Waals surface area contributed by atoms with Crippen LogP contribution in [0.15, 0.2) is 17.1 Å². The van der Waals surface area contributed by atoms with E-state index in [1.165, 1.54) is 0 Å². The normalized spacial score (nSPS) is 28.2. The highest BCUT2D eigenvalue weighted by atomic mass is 16.4. The summed E-state index contributed by atoms with van der Waals surface area (Å²) in [5.74, 6) is 0.935. The molecule has 3 rings (SSSR count). The predicted octanol–water partition coefficient (Wildman–Crippen LogP) is 2.46. The lowest BCUT2D eigenvalue weighted by Gasteiger charge is -2.39. The van der Waals surface area contributed by atoms with Crippen molar-refractivity contribution in [1.82, 2.24) is 19.8 Å². The first kappa shape index (κ1) is 20.6. The third-order valence-corrected chi connectivity index (χ3v) is 6.50. The van der Waals surface area contributed by atoms with E-state index in [-0.39, 0.29) is 23.6 Å². The predicted molar refractivity (Wildman–Crippen MR) is 108 cm³/mol. The summed E-state index contributed by atoms with van der Waals surface area (Å²) < 4.78 is 1.74. The minimum atomic E-state index is -0.914. The average Bonchev–Trinajstić information content (AvgIpc) is 2.67. The molecular formula is C20H33N5O3. The van der Waals surface area contributed by atoms with Crippen molar-refractivity contribution in [3.63, 3.8) is 0 Å². The van der Waals surface area contributed by atoms with Gasteiger partial charge in [-0.15, -0.1) is 0 Å². The van der Waals surface area contributed by atoms with E-state index in [1.54, 1.807) is 16.8 Å². The highest BCUT2D eigenvalue weighted by Crippen LogP contribution is 2.33. The smallest absolute Gasteiger partial charge is 0.404 e. The van der Waals surface area contributed by atoms with Gasteiger partial charge in [0.15, 0.2) is 0 Å². The number of amides is 1. The highest BCUT2D eigenvalue weighted by molar-refractivity contribution is 5.64. The molecule has 8 heteroatoms. The topological polar surface area (TPSA) is 113 Å². The van der Waals surface area contributed by atoms with Crippen LogP contribution < -0.4 is 16.7 Å². The van der Waals surface area contributed by atoms with Gasteiger partial charge < -0.3 is 21.1 Å². The number of anilines is 1. The van der Waals surface area contributed by atoms with E-state index in [9.17, 15) is 9.59 Å². The van der Waals surface area contributed by atoms with E-state index >= 15 is 0 Å². The fourth-order valence-electron chi connectivity index (χ4n) is 4.94. The molecule has 1 aromatic rings. The molecular weight excluding hydrogens is 358 g/mol. The quantitative estimate of drug-likeness (QED) is 0.686. The van der Waals surface area contributed by atoms with Crippen molar-refractivity contribution in [2.75, 3.05) is 18.8 Å². The molecule has 2 fully saturated rings. The summed E-state index contributed by atoms with van der Waals surface area (Å²) in [6.45, 7) is 4.34. The van der Waals surface area contributed by atoms with Gasteiger partial charge in [-0.3, -0.25) is 4.57 Å². The zero-order valence-electron chi connectivity index (χ0n) is 16.7. The summed E-state index contributed by atoms with van der Waals surface area (Å²) in [5, 5.41) is 11.5. The van der Waals surface area contributed by atoms with Crippen LogP contribution in [-0.2, 0) is 0 Å². The number of carboxylic acid groups (broad SMARTS) is 1. The summed E-state index contributed by atoms with van der Waals surface area (Å²) in [6, 6.07) is 2.58. The van der Waals surface area contributed by atoms with Crippen LogP contribution >= 0.6 is 0 Å². The molecule has 156 valence electrons. The van der Waals surface area contributed by atoms with Crippen molar-refractivity contribution in [2.45, 2.75) is 76.4 Å². The van der Waals surface area contributed by atoms with Crippen LogP contribution in [0.4, 0.5) is 10.6 Å². The standard InChI is InChI=1S/C20H33N5O3/c1-2-24(16-9-5-15(6-10-16)22-20(27)28)13-14-3-7-17(8-4-14)25-12-11-18(21)23-19(25)26/h11-12,14-17,22H,2-10,13H2,1H3,(H,27,28)(H2,21,23,26). The monoisotopic (exact) mass is 391 g/mol. The molecule has 1 amide bonds. The minimum absolute atomic E-state index is 0.106. The third-order valence-electron chi connectivity index (χ3n) is 6.50. The molecule has 0 saturated heterocycles. The molecule has 0 radical (unpaired) electrons. The molecule has 0 unspecified atom stereocenters. The molecule has 28 heavy (non-hydrogen) atoms. The number of hydrogen-bond donors (Lipinski definition) is 3. The van der Waals surface area contributed by atoms with Crippen LogP contribution in [0.3, 0.4) is 0 Å². The number of hydrogen-bond acceptors (Lipinski definition) is 5. The second kappa shape index (κ2) is 9.41. The van der Waals surface area contributed by atoms with Gasteiger partial charge in [0, 0.05) is 30.9 Å². The van der Waals surface area contributed by atoms with Gasteiger partial charge in [-0.1, -0.05) is 6.92 Å². The van der Waals surface area contributed by atoms with E-state index in [2.05, 4.69) is 22.1 Å². The Morgan fingerprint density at radius 1 is 1.25 bits per heavy atom. The van der Waals surface area contributed by atoms with E-state index in [4.69, 9.17) is 10.8 Å². The molecule has 8 nitrogen and oxygen atoms in total. The van der Waals surface area contributed by atoms with E-state index < -0.39 is 6.09 Å². The van der Waals surface area contributed by atoms with Crippen LogP contribution in [0.2, 0.25) is 0 Å². The Kier molecular flexibility index (Phi) is 6.93. The number of nitrogens with zero attached hydrogens (tertiary/aromatic N) is 3. The zero-order chi connectivity index (χ0) is 20.1. The molecule has 0 bridgehead atoms. The summed E-state index contributed by atoms with van der Waals surface area (Å²) in [6.07, 6.45) is 9.07. The second-order valence-electron chi connectivity index (χ2n) is 8.26. The van der Waals surface area contributed by atoms with Gasteiger partial charge in [0.2, 0.25) is 0 Å². The van der Waals surface area contributed by atoms with Crippen molar-refractivity contribution in [3.05, 3.63) is 22.7 Å². The summed E-state index contributed by atoms with van der Waals surface area (Å²) in [5.41, 5.74) is 5.34. The molecule has 0 atom stereocenters. The Hall–Kier alpha value is -2.09. The lowest BCUT2D eigenvalue weighted by atomic mass is 9.84. The van der Waals surface area contributed by atoms with Gasteiger partial charge in [0.1, 0.15) is 5.82 Å². The number of nitrogens with one attached hydrogen (secondary N) is 1. The lowest BCUT2D eigenvalue weighted by molar-refractivity contribution is 0.110. The maximum atomic E-state index is 12.1. The Labute approximate surface area is 166 Å². The highest BCUT2D eigenvalue weighted by Gasteiger charge is 2.29. The van der Waals surface area contributed by atoms with Crippen molar-refractivity contribution in [3.8, 4) is 0 Å². The first-order valence-corrected chi connectivity index (χ1v) is 10.5. The maximum Gasteiger partial charge on any atom is 0.404 e. The molecule has 2 aliphatic rings. The molecule has 1 heterocycles. The maximum absolute atomic E-state index is 12.1. The van der Waals surface area contributed by atoms with Gasteiger partial charge in [0.25, 0.3) is 0 Å². The molecule has 2 saturated carbocycles. The minimum Gasteiger partial charge on any atom is -0.465 e. The number of aromatic nitrogens is 2. The Bertz CT molecular complexity index is 706. The Morgan fingerprint density at radius 3 is 2.50 bits per heavy atom. The summed E-state index contributed by atoms with van der Waals surface area (Å²) in [4.78, 5) is 29.3. The molecule has 0 aromatic carbocycles. The van der Waals surface area contributed by atoms with Gasteiger partial charge in [-0.2, -0.15) is 4.98 Å². The number of nitrogen functional groups attached to an aromatic ring is 1. The van der Waals surface area contributed by atoms with Gasteiger partial charge in [-0.25, -0.2) is 9.59 Å². The summed E-state index contributed by atoms with van der Waals surface area (Å²) >= 11 is 0. The van der Waals surface area contributed by atoms with Gasteiger partial charge >= 0.3 is 11.8 Å². The van der Waals surface area contributed by atoms with Gasteiger partial charge in [0.05, 0.1) is 0 Å². The third kappa shape index (κ3) is 5.25. The van der Waals surface area contributed by atoms with Crippen LogP contribution in [0.1, 0.15) is 64.3 Å². The van der Waals surface area contributed by atoms with Crippen LogP contribution in [0, 0.1) is 5.92 Å². The van der Waals surface area contributed by atoms with Crippen molar-refractivity contribution >= 4 is 11.9 Å². The molecule has 0 aliphatic heterocycles. The van der Waals surface area contributed by atoms with Gasteiger partial charge in [-0.05, 0) is 69.9 Å². The van der Waals surface area contributed by atoms with E-state index in [0.717, 1.165) is 64.5 Å². The number of rotatable bonds is 6. The number of nitrogens with two attached hydrogens (primary N) is 1. The first-order valence-electron chi connectivity index (χ1n) is 10.5. The number of carbonyl (C=O) groups is 1. The van der Waals surface area contributed by atoms with Crippen LogP contribution in [0.25, 0.3) is 0 Å². The molecule has 2 aliphatic carbocycles. The lowest BCUT2D eigenvalue weighted by Crippen LogP contribution is -2.45. The fourth-order valence-corrected chi connectivity index (χ4v) is 4.94. The van der Waals surface area contributed by atoms with Crippen LogP contribution in [-0.4, -0.2) is 50.8 Å². The second-order valence-corrected chi connectivity index (χ2v) is 8.26. The SMILES string of the molecule is CCN(CC1CCC(n2ccc(N)nc2=O)CC1)C1CCC(NC(=O)O)CC1. The molecule has 0 spiro atoms. The molecule has 1 aromatic heterocycles. The Balaban J connectivity index is 1.48. The van der Waals surface area contributed by atoms with E-state index in [1.807, 2.05) is 0 Å². The van der Waals surface area contributed by atoms with Crippen LogP contribution in [0.5, 0.6) is 0 Å². The van der Waals surface area contributed by atoms with Crippen molar-refractivity contribution in [1.29, 1.82) is 0 Å². The summed E-state index contributed by atoms with van der Waals surface area (Å²) in [7, 11) is 0. The van der Waals surface area contributed by atoms with Crippen molar-refractivity contribution < 1.29 is 9.90 Å². The molecule has 4 N–H and O–H groups in total. The average molecular weight is 392 g/mol. The largest absolute Gasteiger partial charge is 0.465 e. The first-order chi connectivity index (χ1) is 13.5. The van der Waals surface area contributed by atoms with E-state index in [0.29, 0.717) is 12.0 Å².